The van der Waals surface area contributed by atoms with E-state index in [1.54, 1.807) is 0 Å². The Labute approximate surface area is 255 Å². The van der Waals surface area contributed by atoms with Crippen LogP contribution in [0.1, 0.15) is 53.1 Å². The highest BCUT2D eigenvalue weighted by Crippen LogP contribution is 2.50. The van der Waals surface area contributed by atoms with Crippen molar-refractivity contribution >= 4 is 45.1 Å². The lowest BCUT2D eigenvalue weighted by Crippen LogP contribution is -2.29. The Balaban J connectivity index is 1.17. The Morgan fingerprint density at radius 1 is 1.00 bits per heavy atom. The summed E-state index contributed by atoms with van der Waals surface area (Å²) in [6.45, 7) is 5.07. The van der Waals surface area contributed by atoms with E-state index in [-0.39, 0.29) is 6.04 Å². The van der Waals surface area contributed by atoms with Crippen LogP contribution in [0.25, 0.3) is 0 Å². The first-order chi connectivity index (χ1) is 20.0. The minimum Gasteiger partial charge on any atom is -0.490 e. The van der Waals surface area contributed by atoms with Crippen molar-refractivity contribution in [3.63, 3.8) is 0 Å². The highest BCUT2D eigenvalue weighted by atomic mass is 79.9. The van der Waals surface area contributed by atoms with Crippen LogP contribution in [0, 0.1) is 12.8 Å². The number of aliphatic imine (C=N–C) groups is 1. The van der Waals surface area contributed by atoms with E-state index in [0.29, 0.717) is 41.6 Å². The number of nitrogens with zero attached hydrogens (tertiary/aromatic N) is 1. The molecule has 0 radical (unpaired) electrons. The smallest absolute Gasteiger partial charge is 0.175 e. The van der Waals surface area contributed by atoms with Crippen LogP contribution in [0.4, 0.5) is 11.4 Å². The molecule has 6 rings (SSSR count). The third kappa shape index (κ3) is 6.07. The second-order valence-corrected chi connectivity index (χ2v) is 11.9. The SMILES string of the molecule is CCOc1cc(C=Nc2ccc([C@@H]3Nc4ccc(C)cc4[C@@H]4C=CC[C@H]43)cc2)cc(Br)c1OCc1ccc(Cl)cc1. The molecule has 0 amide bonds. The summed E-state index contributed by atoms with van der Waals surface area (Å²) in [5.41, 5.74) is 8.11. The molecule has 4 aromatic carbocycles. The van der Waals surface area contributed by atoms with Gasteiger partial charge >= 0.3 is 0 Å². The van der Waals surface area contributed by atoms with E-state index in [2.05, 4.69) is 82.8 Å². The van der Waals surface area contributed by atoms with Crippen molar-refractivity contribution < 1.29 is 9.47 Å². The van der Waals surface area contributed by atoms with Gasteiger partial charge in [0.25, 0.3) is 0 Å². The van der Waals surface area contributed by atoms with E-state index < -0.39 is 0 Å². The third-order valence-electron chi connectivity index (χ3n) is 7.76. The second kappa shape index (κ2) is 12.1. The number of benzene rings is 4. The lowest BCUT2D eigenvalue weighted by Gasteiger charge is -2.37. The fourth-order valence-electron chi connectivity index (χ4n) is 5.76. The maximum absolute atomic E-state index is 6.12. The predicted molar refractivity (Wildman–Crippen MR) is 172 cm³/mol. The van der Waals surface area contributed by atoms with Crippen molar-refractivity contribution in [3.05, 3.63) is 128 Å². The summed E-state index contributed by atoms with van der Waals surface area (Å²) < 4.78 is 12.9. The minimum atomic E-state index is 0.272. The fraction of sp³-hybridized carbons (Fsp3) is 0.229. The largest absolute Gasteiger partial charge is 0.490 e. The zero-order valence-corrected chi connectivity index (χ0v) is 25.5. The Bertz CT molecular complexity index is 1600. The van der Waals surface area contributed by atoms with Crippen LogP contribution in [-0.2, 0) is 6.61 Å². The summed E-state index contributed by atoms with van der Waals surface area (Å²) in [7, 11) is 0. The van der Waals surface area contributed by atoms with Gasteiger partial charge in [0.05, 0.1) is 22.8 Å². The van der Waals surface area contributed by atoms with E-state index in [1.807, 2.05) is 49.5 Å². The van der Waals surface area contributed by atoms with Crippen LogP contribution in [-0.4, -0.2) is 12.8 Å². The number of anilines is 1. The molecule has 0 saturated heterocycles. The van der Waals surface area contributed by atoms with Gasteiger partial charge in [0.1, 0.15) is 6.61 Å². The Morgan fingerprint density at radius 2 is 1.80 bits per heavy atom. The first-order valence-corrected chi connectivity index (χ1v) is 15.2. The summed E-state index contributed by atoms with van der Waals surface area (Å²) in [5, 5.41) is 4.53. The van der Waals surface area contributed by atoms with Gasteiger partial charge in [0, 0.05) is 22.8 Å². The van der Waals surface area contributed by atoms with Crippen molar-refractivity contribution in [2.24, 2.45) is 10.9 Å². The second-order valence-electron chi connectivity index (χ2n) is 10.6. The Morgan fingerprint density at radius 3 is 2.59 bits per heavy atom. The average molecular weight is 628 g/mol. The van der Waals surface area contributed by atoms with Gasteiger partial charge in [-0.15, -0.1) is 0 Å². The summed E-state index contributed by atoms with van der Waals surface area (Å²) in [6, 6.07) is 27.2. The van der Waals surface area contributed by atoms with Crippen molar-refractivity contribution in [2.45, 2.75) is 38.8 Å². The topological polar surface area (TPSA) is 42.8 Å². The molecular formula is C35H32BrClN2O2. The van der Waals surface area contributed by atoms with E-state index >= 15 is 0 Å². The third-order valence-corrected chi connectivity index (χ3v) is 8.60. The van der Waals surface area contributed by atoms with Crippen LogP contribution >= 0.6 is 27.5 Å². The van der Waals surface area contributed by atoms with Gasteiger partial charge in [-0.1, -0.05) is 65.7 Å². The zero-order valence-electron chi connectivity index (χ0n) is 23.1. The molecule has 0 spiro atoms. The molecule has 0 saturated carbocycles. The van der Waals surface area contributed by atoms with Gasteiger partial charge < -0.3 is 14.8 Å². The summed E-state index contributed by atoms with van der Waals surface area (Å²) in [6.07, 6.45) is 7.67. The lowest BCUT2D eigenvalue weighted by molar-refractivity contribution is 0.267. The van der Waals surface area contributed by atoms with Crippen LogP contribution in [0.5, 0.6) is 11.5 Å². The molecule has 1 aliphatic heterocycles. The van der Waals surface area contributed by atoms with Crippen molar-refractivity contribution in [1.29, 1.82) is 0 Å². The Kier molecular flexibility index (Phi) is 8.18. The number of ether oxygens (including phenoxy) is 2. The number of allylic oxidation sites excluding steroid dienone is 2. The fourth-order valence-corrected chi connectivity index (χ4v) is 6.46. The number of hydrogen-bond acceptors (Lipinski definition) is 4. The molecule has 41 heavy (non-hydrogen) atoms. The van der Waals surface area contributed by atoms with E-state index in [0.717, 1.165) is 27.7 Å². The Hall–Kier alpha value is -3.54. The first kappa shape index (κ1) is 27.6. The standard InChI is InChI=1S/C35H32BrClN2O2/c1-3-40-33-19-24(18-31(36)35(33)41-21-23-8-12-26(37)13-9-23)20-38-27-14-10-25(11-15-27)34-29-6-4-5-28(29)30-17-22(2)7-16-32(30)39-34/h4-5,7-20,28-29,34,39H,3,6,21H2,1-2H3/t28-,29-,34+/m1/s1. The van der Waals surface area contributed by atoms with Crippen LogP contribution in [0.3, 0.4) is 0 Å². The van der Waals surface area contributed by atoms with Gasteiger partial charge in [-0.25, -0.2) is 0 Å². The summed E-state index contributed by atoms with van der Waals surface area (Å²) >= 11 is 9.68. The van der Waals surface area contributed by atoms with Gasteiger partial charge in [0.15, 0.2) is 11.5 Å². The summed E-state index contributed by atoms with van der Waals surface area (Å²) in [4.78, 5) is 4.76. The minimum absolute atomic E-state index is 0.272. The molecule has 0 aromatic heterocycles. The molecule has 4 nitrogen and oxygen atoms in total. The highest BCUT2D eigenvalue weighted by Gasteiger charge is 2.37. The molecule has 4 aromatic rings. The number of rotatable bonds is 8. The molecule has 2 aliphatic rings. The molecule has 1 heterocycles. The molecular weight excluding hydrogens is 596 g/mol. The molecule has 0 bridgehead atoms. The predicted octanol–water partition coefficient (Wildman–Crippen LogP) is 9.97. The maximum atomic E-state index is 6.12. The summed E-state index contributed by atoms with van der Waals surface area (Å²) in [5.74, 6) is 2.32. The number of fused-ring (bicyclic) bond motifs is 3. The van der Waals surface area contributed by atoms with Crippen molar-refractivity contribution in [1.82, 2.24) is 0 Å². The van der Waals surface area contributed by atoms with Crippen LogP contribution in [0.2, 0.25) is 5.02 Å². The number of hydrogen-bond donors (Lipinski definition) is 1. The van der Waals surface area contributed by atoms with E-state index in [4.69, 9.17) is 26.1 Å². The van der Waals surface area contributed by atoms with Gasteiger partial charge in [-0.2, -0.15) is 0 Å². The van der Waals surface area contributed by atoms with E-state index in [9.17, 15) is 0 Å². The lowest BCUT2D eigenvalue weighted by atomic mass is 9.76. The van der Waals surface area contributed by atoms with Crippen molar-refractivity contribution in [2.75, 3.05) is 11.9 Å². The molecule has 6 heteroatoms. The zero-order chi connectivity index (χ0) is 28.3. The normalized spacial score (nSPS) is 19.1. The van der Waals surface area contributed by atoms with E-state index in [1.165, 1.54) is 22.4 Å². The molecule has 1 aliphatic carbocycles. The van der Waals surface area contributed by atoms with Crippen molar-refractivity contribution in [3.8, 4) is 11.5 Å². The van der Waals surface area contributed by atoms with Crippen LogP contribution < -0.4 is 14.8 Å². The quantitative estimate of drug-likeness (QED) is 0.156. The molecule has 0 unspecified atom stereocenters. The average Bonchev–Trinajstić information content (AvgIpc) is 3.47. The van der Waals surface area contributed by atoms with Gasteiger partial charge in [-0.3, -0.25) is 4.99 Å². The number of nitrogens with one attached hydrogen (secondary N) is 1. The number of aryl methyl sites for hydroxylation is 1. The molecule has 3 atom stereocenters. The highest BCUT2D eigenvalue weighted by molar-refractivity contribution is 9.10. The molecule has 1 N–H and O–H groups in total. The monoisotopic (exact) mass is 626 g/mol. The molecule has 208 valence electrons. The van der Waals surface area contributed by atoms with Crippen LogP contribution in [0.15, 0.2) is 100 Å². The van der Waals surface area contributed by atoms with Gasteiger partial charge in [-0.05, 0) is 107 Å². The number of halogens is 2. The maximum Gasteiger partial charge on any atom is 0.175 e. The first-order valence-electron chi connectivity index (χ1n) is 14.0. The van der Waals surface area contributed by atoms with Gasteiger partial charge in [0.2, 0.25) is 0 Å². The molecule has 0 fully saturated rings.